The van der Waals surface area contributed by atoms with Gasteiger partial charge in [-0.05, 0) is 0 Å². The molecule has 0 bridgehead atoms. The summed E-state index contributed by atoms with van der Waals surface area (Å²) in [6, 6.07) is 3.58. The van der Waals surface area contributed by atoms with Gasteiger partial charge in [0.25, 0.3) is 5.69 Å². The zero-order chi connectivity index (χ0) is 12.8. The first kappa shape index (κ1) is 13.2. The smallest absolute Gasteiger partial charge is 0.275 e. The van der Waals surface area contributed by atoms with Crippen LogP contribution in [0, 0.1) is 10.1 Å². The van der Waals surface area contributed by atoms with Crippen LogP contribution in [0.25, 0.3) is 0 Å². The van der Waals surface area contributed by atoms with Crippen molar-refractivity contribution in [3.05, 3.63) is 28.3 Å². The number of nitrogens with one attached hydrogen (secondary N) is 1. The second-order valence-electron chi connectivity index (χ2n) is 3.38. The number of rotatable bonds is 6. The van der Waals surface area contributed by atoms with Crippen molar-refractivity contribution in [2.24, 2.45) is 0 Å². The van der Waals surface area contributed by atoms with Gasteiger partial charge in [0.1, 0.15) is 5.75 Å². The number of nitrogens with zero attached hydrogens (tertiary/aromatic N) is 1. The van der Waals surface area contributed by atoms with Gasteiger partial charge in [0, 0.05) is 17.8 Å². The van der Waals surface area contributed by atoms with Crippen LogP contribution in [0.2, 0.25) is 0 Å². The molecule has 0 spiro atoms. The minimum atomic E-state index is -0.568. The molecule has 7 heteroatoms. The third-order valence-corrected chi connectivity index (χ3v) is 2.15. The Kier molecular flexibility index (Phi) is 4.68. The number of methoxy groups -OCH3 is 1. The average Bonchev–Trinajstić information content (AvgIpc) is 2.35. The molecule has 0 aliphatic rings. The molecule has 94 valence electrons. The van der Waals surface area contributed by atoms with Gasteiger partial charge < -0.3 is 20.3 Å². The SMILES string of the molecule is COc1cc(NC(CO)CO)cc([N+](=O)[O-])c1. The highest BCUT2D eigenvalue weighted by Gasteiger charge is 2.12. The van der Waals surface area contributed by atoms with Gasteiger partial charge in [0.15, 0.2) is 0 Å². The number of aliphatic hydroxyl groups excluding tert-OH is 2. The molecule has 1 aromatic carbocycles. The normalized spacial score (nSPS) is 10.4. The number of ether oxygens (including phenoxy) is 1. The third kappa shape index (κ3) is 3.58. The molecule has 17 heavy (non-hydrogen) atoms. The van der Waals surface area contributed by atoms with Gasteiger partial charge in [-0.15, -0.1) is 0 Å². The first-order chi connectivity index (χ1) is 8.10. The average molecular weight is 242 g/mol. The van der Waals surface area contributed by atoms with Crippen molar-refractivity contribution in [1.82, 2.24) is 0 Å². The summed E-state index contributed by atoms with van der Waals surface area (Å²) in [5.41, 5.74) is 0.283. The zero-order valence-corrected chi connectivity index (χ0v) is 9.29. The minimum absolute atomic E-state index is 0.124. The van der Waals surface area contributed by atoms with Gasteiger partial charge in [-0.25, -0.2) is 0 Å². The van der Waals surface area contributed by atoms with Crippen molar-refractivity contribution in [3.8, 4) is 5.75 Å². The van der Waals surface area contributed by atoms with Crippen LogP contribution in [0.1, 0.15) is 0 Å². The second kappa shape index (κ2) is 6.02. The highest BCUT2D eigenvalue weighted by atomic mass is 16.6. The number of aliphatic hydroxyl groups is 2. The molecule has 1 rings (SSSR count). The van der Waals surface area contributed by atoms with Gasteiger partial charge in [-0.2, -0.15) is 0 Å². The van der Waals surface area contributed by atoms with Crippen molar-refractivity contribution in [1.29, 1.82) is 0 Å². The lowest BCUT2D eigenvalue weighted by atomic mass is 10.2. The first-order valence-corrected chi connectivity index (χ1v) is 4.92. The molecule has 0 aliphatic carbocycles. The molecular formula is C10H14N2O5. The highest BCUT2D eigenvalue weighted by Crippen LogP contribution is 2.26. The topological polar surface area (TPSA) is 105 Å². The van der Waals surface area contributed by atoms with E-state index in [1.807, 2.05) is 0 Å². The Morgan fingerprint density at radius 2 is 2.06 bits per heavy atom. The molecule has 0 amide bonds. The number of non-ortho nitro benzene ring substituents is 1. The second-order valence-corrected chi connectivity index (χ2v) is 3.38. The lowest BCUT2D eigenvalue weighted by Crippen LogP contribution is -2.27. The molecule has 0 aromatic heterocycles. The Morgan fingerprint density at radius 3 is 2.53 bits per heavy atom. The maximum absolute atomic E-state index is 10.7. The summed E-state index contributed by atoms with van der Waals surface area (Å²) >= 11 is 0. The van der Waals surface area contributed by atoms with Crippen molar-refractivity contribution in [2.75, 3.05) is 25.6 Å². The number of anilines is 1. The molecule has 0 heterocycles. The molecule has 0 atom stereocenters. The first-order valence-electron chi connectivity index (χ1n) is 4.92. The minimum Gasteiger partial charge on any atom is -0.496 e. The molecule has 0 fully saturated rings. The van der Waals surface area contributed by atoms with E-state index in [0.717, 1.165) is 0 Å². The van der Waals surface area contributed by atoms with Crippen LogP contribution in [0.15, 0.2) is 18.2 Å². The van der Waals surface area contributed by atoms with Crippen molar-refractivity contribution >= 4 is 11.4 Å². The number of benzene rings is 1. The van der Waals surface area contributed by atoms with E-state index in [2.05, 4.69) is 5.32 Å². The monoisotopic (exact) mass is 242 g/mol. The van der Waals surface area contributed by atoms with Crippen LogP contribution < -0.4 is 10.1 Å². The van der Waals surface area contributed by atoms with Crippen LogP contribution in [-0.4, -0.2) is 41.5 Å². The van der Waals surface area contributed by atoms with Gasteiger partial charge in [0.05, 0.1) is 37.4 Å². The van der Waals surface area contributed by atoms with Gasteiger partial charge >= 0.3 is 0 Å². The summed E-state index contributed by atoms with van der Waals surface area (Å²) in [5, 5.41) is 31.2. The van der Waals surface area contributed by atoms with E-state index < -0.39 is 11.0 Å². The van der Waals surface area contributed by atoms with Crippen molar-refractivity contribution < 1.29 is 19.9 Å². The van der Waals surface area contributed by atoms with Crippen LogP contribution in [0.3, 0.4) is 0 Å². The van der Waals surface area contributed by atoms with E-state index in [0.29, 0.717) is 11.4 Å². The quantitative estimate of drug-likeness (QED) is 0.491. The fourth-order valence-corrected chi connectivity index (χ4v) is 1.27. The summed E-state index contributed by atoms with van der Waals surface area (Å²) in [5.74, 6) is 0.330. The molecule has 0 aliphatic heterocycles. The predicted octanol–water partition coefficient (Wildman–Crippen LogP) is 0.368. The molecule has 0 saturated heterocycles. The van der Waals surface area contributed by atoms with Gasteiger partial charge in [0.2, 0.25) is 0 Å². The maximum Gasteiger partial charge on any atom is 0.275 e. The van der Waals surface area contributed by atoms with E-state index >= 15 is 0 Å². The summed E-state index contributed by atoms with van der Waals surface area (Å²) in [6.45, 7) is -0.553. The standard InChI is InChI=1S/C10H14N2O5/c1-17-10-3-7(11-8(5-13)6-14)2-9(4-10)12(15)16/h2-4,8,11,13-14H,5-6H2,1H3. The molecule has 1 aromatic rings. The molecule has 0 radical (unpaired) electrons. The summed E-state index contributed by atoms with van der Waals surface area (Å²) in [7, 11) is 1.40. The fraction of sp³-hybridized carbons (Fsp3) is 0.400. The van der Waals surface area contributed by atoms with Gasteiger partial charge in [-0.1, -0.05) is 0 Å². The number of nitro benzene ring substituents is 1. The Balaban J connectivity index is 2.98. The highest BCUT2D eigenvalue weighted by molar-refractivity contribution is 5.56. The van der Waals surface area contributed by atoms with Crippen LogP contribution in [0.4, 0.5) is 11.4 Å². The third-order valence-electron chi connectivity index (χ3n) is 2.15. The molecular weight excluding hydrogens is 228 g/mol. The van der Waals surface area contributed by atoms with Crippen LogP contribution in [0.5, 0.6) is 5.75 Å². The zero-order valence-electron chi connectivity index (χ0n) is 9.29. The van der Waals surface area contributed by atoms with Crippen molar-refractivity contribution in [3.63, 3.8) is 0 Å². The number of hydrogen-bond acceptors (Lipinski definition) is 6. The summed E-state index contributed by atoms with van der Waals surface area (Å²) in [4.78, 5) is 10.1. The van der Waals surface area contributed by atoms with E-state index in [1.54, 1.807) is 6.07 Å². The van der Waals surface area contributed by atoms with E-state index in [4.69, 9.17) is 14.9 Å². The fourth-order valence-electron chi connectivity index (χ4n) is 1.27. The Hall–Kier alpha value is -1.86. The largest absolute Gasteiger partial charge is 0.496 e. The Bertz CT molecular complexity index is 392. The summed E-state index contributed by atoms with van der Waals surface area (Å²) in [6.07, 6.45) is 0. The van der Waals surface area contributed by atoms with Crippen LogP contribution >= 0.6 is 0 Å². The van der Waals surface area contributed by atoms with E-state index in [9.17, 15) is 10.1 Å². The molecule has 0 saturated carbocycles. The maximum atomic E-state index is 10.7. The molecule has 3 N–H and O–H groups in total. The Morgan fingerprint density at radius 1 is 1.41 bits per heavy atom. The molecule has 7 nitrogen and oxygen atoms in total. The predicted molar refractivity (Wildman–Crippen MR) is 61.2 cm³/mol. The Labute approximate surface area is 97.8 Å². The number of hydrogen-bond donors (Lipinski definition) is 3. The van der Waals surface area contributed by atoms with Gasteiger partial charge in [-0.3, -0.25) is 10.1 Å². The summed E-state index contributed by atoms with van der Waals surface area (Å²) < 4.78 is 4.93. The lowest BCUT2D eigenvalue weighted by Gasteiger charge is -2.15. The number of nitro groups is 1. The van der Waals surface area contributed by atoms with E-state index in [1.165, 1.54) is 19.2 Å². The van der Waals surface area contributed by atoms with E-state index in [-0.39, 0.29) is 18.9 Å². The van der Waals surface area contributed by atoms with Crippen molar-refractivity contribution in [2.45, 2.75) is 6.04 Å². The van der Waals surface area contributed by atoms with Crippen LogP contribution in [-0.2, 0) is 0 Å². The lowest BCUT2D eigenvalue weighted by molar-refractivity contribution is -0.384. The molecule has 0 unspecified atom stereocenters.